The zero-order valence-electron chi connectivity index (χ0n) is 14.7. The second-order valence-corrected chi connectivity index (χ2v) is 6.29. The standard InChI is InChI=1S/C22H15NO5/c24-22(18-6-3-11-25-18)28-21(15-7-8-17-19(12-15)27-13-26-17)20-16-5-2-1-4-14(16)9-10-23-20/h1-12,21H,13H2/t21-/m0/s1. The lowest BCUT2D eigenvalue weighted by Gasteiger charge is -2.19. The summed E-state index contributed by atoms with van der Waals surface area (Å²) in [6.45, 7) is 0.169. The van der Waals surface area contributed by atoms with Gasteiger partial charge in [0.05, 0.1) is 12.0 Å². The number of fused-ring (bicyclic) bond motifs is 2. The number of aromatic nitrogens is 1. The molecule has 2 aromatic carbocycles. The second-order valence-electron chi connectivity index (χ2n) is 6.29. The molecule has 0 saturated carbocycles. The number of pyridine rings is 1. The molecule has 28 heavy (non-hydrogen) atoms. The first-order chi connectivity index (χ1) is 13.8. The topological polar surface area (TPSA) is 70.8 Å². The Bertz CT molecular complexity index is 1150. The van der Waals surface area contributed by atoms with Crippen molar-refractivity contribution in [3.63, 3.8) is 0 Å². The lowest BCUT2D eigenvalue weighted by atomic mass is 10.0. The van der Waals surface area contributed by atoms with Crippen LogP contribution in [-0.4, -0.2) is 17.7 Å². The van der Waals surface area contributed by atoms with Gasteiger partial charge in [0, 0.05) is 17.1 Å². The number of furan rings is 1. The van der Waals surface area contributed by atoms with Crippen molar-refractivity contribution in [3.8, 4) is 11.5 Å². The Morgan fingerprint density at radius 1 is 1.00 bits per heavy atom. The van der Waals surface area contributed by atoms with Crippen molar-refractivity contribution in [1.29, 1.82) is 0 Å². The van der Waals surface area contributed by atoms with E-state index < -0.39 is 12.1 Å². The summed E-state index contributed by atoms with van der Waals surface area (Å²) < 4.78 is 21.9. The molecule has 1 atom stereocenters. The maximum absolute atomic E-state index is 12.6. The predicted octanol–water partition coefficient (Wildman–Crippen LogP) is 4.50. The zero-order valence-corrected chi connectivity index (χ0v) is 14.7. The third kappa shape index (κ3) is 2.85. The van der Waals surface area contributed by atoms with E-state index in [1.165, 1.54) is 6.26 Å². The first kappa shape index (κ1) is 16.4. The van der Waals surface area contributed by atoms with Crippen LogP contribution in [0.5, 0.6) is 11.5 Å². The van der Waals surface area contributed by atoms with Gasteiger partial charge in [-0.25, -0.2) is 4.79 Å². The number of ether oxygens (including phenoxy) is 3. The minimum absolute atomic E-state index is 0.131. The molecule has 0 radical (unpaired) electrons. The van der Waals surface area contributed by atoms with E-state index in [-0.39, 0.29) is 12.6 Å². The van der Waals surface area contributed by atoms with Crippen molar-refractivity contribution in [2.45, 2.75) is 6.10 Å². The van der Waals surface area contributed by atoms with Crippen molar-refractivity contribution in [2.24, 2.45) is 0 Å². The number of nitrogens with zero attached hydrogens (tertiary/aromatic N) is 1. The van der Waals surface area contributed by atoms with E-state index in [1.807, 2.05) is 42.5 Å². The average molecular weight is 373 g/mol. The molecule has 4 aromatic rings. The highest BCUT2D eigenvalue weighted by Crippen LogP contribution is 2.38. The Labute approximate surface area is 160 Å². The van der Waals surface area contributed by atoms with Crippen LogP contribution in [0.15, 0.2) is 77.5 Å². The molecule has 0 aliphatic carbocycles. The molecule has 5 rings (SSSR count). The van der Waals surface area contributed by atoms with Crippen LogP contribution in [-0.2, 0) is 4.74 Å². The first-order valence-corrected chi connectivity index (χ1v) is 8.77. The summed E-state index contributed by atoms with van der Waals surface area (Å²) in [7, 11) is 0. The van der Waals surface area contributed by atoms with E-state index >= 15 is 0 Å². The Morgan fingerprint density at radius 3 is 2.79 bits per heavy atom. The second kappa shape index (κ2) is 6.74. The fourth-order valence-electron chi connectivity index (χ4n) is 3.27. The first-order valence-electron chi connectivity index (χ1n) is 8.77. The van der Waals surface area contributed by atoms with Crippen molar-refractivity contribution in [3.05, 3.63) is 90.1 Å². The molecule has 6 heteroatoms. The van der Waals surface area contributed by atoms with E-state index in [2.05, 4.69) is 4.98 Å². The third-order valence-corrected chi connectivity index (χ3v) is 4.60. The lowest BCUT2D eigenvalue weighted by molar-refractivity contribution is 0.0336. The van der Waals surface area contributed by atoms with Crippen LogP contribution < -0.4 is 9.47 Å². The van der Waals surface area contributed by atoms with E-state index in [0.29, 0.717) is 17.2 Å². The third-order valence-electron chi connectivity index (χ3n) is 4.60. The number of rotatable bonds is 4. The van der Waals surface area contributed by atoms with E-state index in [0.717, 1.165) is 16.3 Å². The molecule has 138 valence electrons. The van der Waals surface area contributed by atoms with Crippen LogP contribution >= 0.6 is 0 Å². The van der Waals surface area contributed by atoms with Crippen LogP contribution in [0.1, 0.15) is 27.9 Å². The number of carbonyl (C=O) groups is 1. The quantitative estimate of drug-likeness (QED) is 0.491. The maximum atomic E-state index is 12.6. The largest absolute Gasteiger partial charge is 0.457 e. The molecule has 3 heterocycles. The summed E-state index contributed by atoms with van der Waals surface area (Å²) in [5.41, 5.74) is 1.37. The lowest BCUT2D eigenvalue weighted by Crippen LogP contribution is -2.14. The van der Waals surface area contributed by atoms with Crippen molar-refractivity contribution in [1.82, 2.24) is 4.98 Å². The van der Waals surface area contributed by atoms with Gasteiger partial charge in [-0.2, -0.15) is 0 Å². The number of hydrogen-bond donors (Lipinski definition) is 0. The Kier molecular flexibility index (Phi) is 3.94. The van der Waals surface area contributed by atoms with Gasteiger partial charge in [0.1, 0.15) is 0 Å². The molecule has 1 aliphatic rings. The highest BCUT2D eigenvalue weighted by Gasteiger charge is 2.26. The summed E-state index contributed by atoms with van der Waals surface area (Å²) in [6, 6.07) is 18.4. The van der Waals surface area contributed by atoms with Crippen LogP contribution in [0.2, 0.25) is 0 Å². The van der Waals surface area contributed by atoms with Gasteiger partial charge in [0.25, 0.3) is 0 Å². The molecule has 0 saturated heterocycles. The minimum Gasteiger partial charge on any atom is -0.457 e. The molecule has 6 nitrogen and oxygen atoms in total. The predicted molar refractivity (Wildman–Crippen MR) is 100 cm³/mol. The summed E-state index contributed by atoms with van der Waals surface area (Å²) in [5.74, 6) is 0.830. The molecule has 0 amide bonds. The molecular weight excluding hydrogens is 358 g/mol. The smallest absolute Gasteiger partial charge is 0.375 e. The Morgan fingerprint density at radius 2 is 1.89 bits per heavy atom. The fraction of sp³-hybridized carbons (Fsp3) is 0.0909. The van der Waals surface area contributed by atoms with Crippen LogP contribution in [0, 0.1) is 0 Å². The van der Waals surface area contributed by atoms with Gasteiger partial charge in [-0.1, -0.05) is 30.3 Å². The Hall–Kier alpha value is -3.80. The minimum atomic E-state index is -0.738. The average Bonchev–Trinajstić information content (AvgIpc) is 3.43. The monoisotopic (exact) mass is 373 g/mol. The van der Waals surface area contributed by atoms with Crippen molar-refractivity contribution < 1.29 is 23.4 Å². The normalized spacial score (nSPS) is 13.4. The fourth-order valence-corrected chi connectivity index (χ4v) is 3.27. The van der Waals surface area contributed by atoms with Gasteiger partial charge in [-0.3, -0.25) is 4.98 Å². The summed E-state index contributed by atoms with van der Waals surface area (Å²) >= 11 is 0. The molecule has 0 fully saturated rings. The molecule has 0 unspecified atom stereocenters. The molecule has 0 N–H and O–H groups in total. The van der Waals surface area contributed by atoms with E-state index in [1.54, 1.807) is 24.4 Å². The summed E-state index contributed by atoms with van der Waals surface area (Å²) in [4.78, 5) is 17.2. The van der Waals surface area contributed by atoms with Crippen LogP contribution in [0.4, 0.5) is 0 Å². The molecule has 0 spiro atoms. The van der Waals surface area contributed by atoms with E-state index in [4.69, 9.17) is 18.6 Å². The summed E-state index contributed by atoms with van der Waals surface area (Å²) in [6.07, 6.45) is 2.40. The Balaban J connectivity index is 1.63. The number of carbonyl (C=O) groups excluding carboxylic acids is 1. The SMILES string of the molecule is O=C(O[C@@H](c1ccc2c(c1)OCO2)c1nccc2ccccc12)c1ccco1. The number of benzene rings is 2. The molecule has 0 bridgehead atoms. The van der Waals surface area contributed by atoms with Gasteiger partial charge < -0.3 is 18.6 Å². The van der Waals surface area contributed by atoms with Gasteiger partial charge >= 0.3 is 5.97 Å². The highest BCUT2D eigenvalue weighted by atomic mass is 16.7. The van der Waals surface area contributed by atoms with Crippen LogP contribution in [0.3, 0.4) is 0 Å². The van der Waals surface area contributed by atoms with Gasteiger partial charge in [-0.05, 0) is 35.7 Å². The number of esters is 1. The molecule has 1 aliphatic heterocycles. The number of hydrogen-bond acceptors (Lipinski definition) is 6. The molecular formula is C22H15NO5. The van der Waals surface area contributed by atoms with Gasteiger partial charge in [0.15, 0.2) is 17.6 Å². The summed E-state index contributed by atoms with van der Waals surface area (Å²) in [5, 5.41) is 1.91. The van der Waals surface area contributed by atoms with Gasteiger partial charge in [-0.15, -0.1) is 0 Å². The molecule has 2 aromatic heterocycles. The maximum Gasteiger partial charge on any atom is 0.375 e. The van der Waals surface area contributed by atoms with Crippen LogP contribution in [0.25, 0.3) is 10.8 Å². The van der Waals surface area contributed by atoms with Crippen molar-refractivity contribution >= 4 is 16.7 Å². The van der Waals surface area contributed by atoms with E-state index in [9.17, 15) is 4.79 Å². The highest BCUT2D eigenvalue weighted by molar-refractivity contribution is 5.88. The zero-order chi connectivity index (χ0) is 18.9. The van der Waals surface area contributed by atoms with Gasteiger partial charge in [0.2, 0.25) is 12.6 Å². The van der Waals surface area contributed by atoms with Crippen molar-refractivity contribution in [2.75, 3.05) is 6.79 Å².